The normalized spacial score (nSPS) is 11.0. The highest BCUT2D eigenvalue weighted by Gasteiger charge is 2.17. The minimum absolute atomic E-state index is 0.0463. The lowest BCUT2D eigenvalue weighted by Gasteiger charge is -2.11. The third kappa shape index (κ3) is 3.70. The third-order valence-corrected chi connectivity index (χ3v) is 3.32. The molecule has 0 amide bonds. The number of nitro groups is 1. The van der Waals surface area contributed by atoms with Crippen LogP contribution in [0.1, 0.15) is 11.1 Å². The number of benzene rings is 2. The Labute approximate surface area is 137 Å². The van der Waals surface area contributed by atoms with Crippen molar-refractivity contribution in [3.63, 3.8) is 0 Å². The summed E-state index contributed by atoms with van der Waals surface area (Å²) in [5.74, 6) is -0.325. The molecule has 24 heavy (non-hydrogen) atoms. The Kier molecular flexibility index (Phi) is 5.16. The standard InChI is InChI=1S/C17H15NO6/c1-23-13-6-7-14(16(10-13)24-2)15(17(19)20)9-11-4-3-5-12(8-11)18(21)22/h3-10H,1-2H3,(H,19,20)/b15-9-. The van der Waals surface area contributed by atoms with Gasteiger partial charge in [0.2, 0.25) is 0 Å². The molecule has 2 rings (SSSR count). The maximum Gasteiger partial charge on any atom is 0.336 e. The molecule has 1 N–H and O–H groups in total. The van der Waals surface area contributed by atoms with Crippen molar-refractivity contribution >= 4 is 23.3 Å². The first-order valence-corrected chi connectivity index (χ1v) is 6.88. The Morgan fingerprint density at radius 2 is 1.92 bits per heavy atom. The number of ether oxygens (including phenoxy) is 2. The highest BCUT2D eigenvalue weighted by atomic mass is 16.6. The average Bonchev–Trinajstić information content (AvgIpc) is 2.59. The molecule has 0 radical (unpaired) electrons. The molecule has 0 aliphatic carbocycles. The topological polar surface area (TPSA) is 98.9 Å². The number of nitro benzene ring substituents is 1. The van der Waals surface area contributed by atoms with Crippen molar-refractivity contribution in [2.75, 3.05) is 14.2 Å². The number of carboxylic acid groups (broad SMARTS) is 1. The van der Waals surface area contributed by atoms with E-state index in [1.807, 2.05) is 0 Å². The quantitative estimate of drug-likeness (QED) is 0.378. The zero-order chi connectivity index (χ0) is 17.7. The van der Waals surface area contributed by atoms with E-state index in [9.17, 15) is 20.0 Å². The summed E-state index contributed by atoms with van der Waals surface area (Å²) < 4.78 is 10.3. The minimum Gasteiger partial charge on any atom is -0.497 e. The van der Waals surface area contributed by atoms with E-state index < -0.39 is 10.9 Å². The van der Waals surface area contributed by atoms with Gasteiger partial charge in [0, 0.05) is 23.8 Å². The molecule has 0 bridgehead atoms. The SMILES string of the molecule is COc1ccc(/C(=C/c2cccc([N+](=O)[O-])c2)C(=O)O)c(OC)c1. The predicted octanol–water partition coefficient (Wildman–Crippen LogP) is 3.24. The number of carboxylic acids is 1. The van der Waals surface area contributed by atoms with Crippen LogP contribution in [0.3, 0.4) is 0 Å². The number of aliphatic carboxylic acids is 1. The Hall–Kier alpha value is -3.35. The van der Waals surface area contributed by atoms with Crippen molar-refractivity contribution in [2.45, 2.75) is 0 Å². The first kappa shape index (κ1) is 17.0. The van der Waals surface area contributed by atoms with Crippen molar-refractivity contribution in [3.8, 4) is 11.5 Å². The highest BCUT2D eigenvalue weighted by Crippen LogP contribution is 2.31. The van der Waals surface area contributed by atoms with E-state index in [1.54, 1.807) is 24.3 Å². The van der Waals surface area contributed by atoms with Gasteiger partial charge < -0.3 is 14.6 Å². The van der Waals surface area contributed by atoms with Crippen LogP contribution in [0.25, 0.3) is 11.6 Å². The van der Waals surface area contributed by atoms with Crippen LogP contribution in [0.15, 0.2) is 42.5 Å². The van der Waals surface area contributed by atoms with Crippen LogP contribution in [-0.2, 0) is 4.79 Å². The summed E-state index contributed by atoms with van der Waals surface area (Å²) in [6.45, 7) is 0. The lowest BCUT2D eigenvalue weighted by Crippen LogP contribution is -2.02. The van der Waals surface area contributed by atoms with Gasteiger partial charge in [-0.3, -0.25) is 10.1 Å². The molecule has 0 saturated carbocycles. The molecule has 2 aromatic carbocycles. The van der Waals surface area contributed by atoms with Crippen LogP contribution in [0.2, 0.25) is 0 Å². The third-order valence-electron chi connectivity index (χ3n) is 3.32. The van der Waals surface area contributed by atoms with Crippen LogP contribution in [-0.4, -0.2) is 30.2 Å². The smallest absolute Gasteiger partial charge is 0.336 e. The summed E-state index contributed by atoms with van der Waals surface area (Å²) in [5.41, 5.74) is 0.585. The molecule has 0 heterocycles. The first-order valence-electron chi connectivity index (χ1n) is 6.88. The van der Waals surface area contributed by atoms with E-state index in [4.69, 9.17) is 9.47 Å². The lowest BCUT2D eigenvalue weighted by atomic mass is 10.0. The lowest BCUT2D eigenvalue weighted by molar-refractivity contribution is -0.384. The fourth-order valence-corrected chi connectivity index (χ4v) is 2.17. The number of hydrogen-bond donors (Lipinski definition) is 1. The summed E-state index contributed by atoms with van der Waals surface area (Å²) in [5, 5.41) is 20.4. The van der Waals surface area contributed by atoms with Crippen LogP contribution in [0.5, 0.6) is 11.5 Å². The Morgan fingerprint density at radius 3 is 2.50 bits per heavy atom. The molecule has 124 valence electrons. The van der Waals surface area contributed by atoms with E-state index in [0.717, 1.165) is 0 Å². The van der Waals surface area contributed by atoms with Crippen LogP contribution >= 0.6 is 0 Å². The predicted molar refractivity (Wildman–Crippen MR) is 88.1 cm³/mol. The summed E-state index contributed by atoms with van der Waals surface area (Å²) in [6.07, 6.45) is 1.36. The molecule has 0 aliphatic heterocycles. The molecule has 0 atom stereocenters. The molecule has 7 nitrogen and oxygen atoms in total. The summed E-state index contributed by atoms with van der Waals surface area (Å²) in [7, 11) is 2.91. The second kappa shape index (κ2) is 7.28. The first-order chi connectivity index (χ1) is 11.5. The second-order valence-corrected chi connectivity index (χ2v) is 4.78. The second-order valence-electron chi connectivity index (χ2n) is 4.78. The van der Waals surface area contributed by atoms with Gasteiger partial charge in [0.15, 0.2) is 0 Å². The molecule has 0 saturated heterocycles. The fraction of sp³-hybridized carbons (Fsp3) is 0.118. The van der Waals surface area contributed by atoms with Crippen molar-refractivity contribution in [2.24, 2.45) is 0 Å². The van der Waals surface area contributed by atoms with E-state index >= 15 is 0 Å². The number of hydrogen-bond acceptors (Lipinski definition) is 5. The fourth-order valence-electron chi connectivity index (χ4n) is 2.17. The number of rotatable bonds is 6. The summed E-state index contributed by atoms with van der Waals surface area (Å²) in [6, 6.07) is 10.5. The van der Waals surface area contributed by atoms with Gasteiger partial charge in [0.1, 0.15) is 11.5 Å². The number of nitrogens with zero attached hydrogens (tertiary/aromatic N) is 1. The average molecular weight is 329 g/mol. The molecule has 7 heteroatoms. The molecule has 0 spiro atoms. The number of non-ortho nitro benzene ring substituents is 1. The molecular weight excluding hydrogens is 314 g/mol. The molecule has 0 fully saturated rings. The Bertz CT molecular complexity index is 812. The van der Waals surface area contributed by atoms with E-state index in [1.165, 1.54) is 38.5 Å². The molecule has 0 aromatic heterocycles. The Morgan fingerprint density at radius 1 is 1.17 bits per heavy atom. The molecule has 0 unspecified atom stereocenters. The van der Waals surface area contributed by atoms with Gasteiger partial charge in [-0.25, -0.2) is 4.79 Å². The molecule has 2 aromatic rings. The van der Waals surface area contributed by atoms with Crippen molar-refractivity contribution in [1.82, 2.24) is 0 Å². The number of methoxy groups -OCH3 is 2. The highest BCUT2D eigenvalue weighted by molar-refractivity contribution is 6.21. The van der Waals surface area contributed by atoms with Crippen LogP contribution in [0, 0.1) is 10.1 Å². The molecule has 0 aliphatic rings. The largest absolute Gasteiger partial charge is 0.497 e. The van der Waals surface area contributed by atoms with Gasteiger partial charge in [-0.1, -0.05) is 12.1 Å². The van der Waals surface area contributed by atoms with Crippen LogP contribution < -0.4 is 9.47 Å². The van der Waals surface area contributed by atoms with Gasteiger partial charge in [-0.15, -0.1) is 0 Å². The Balaban J connectivity index is 2.56. The van der Waals surface area contributed by atoms with Crippen molar-refractivity contribution < 1.29 is 24.3 Å². The zero-order valence-corrected chi connectivity index (χ0v) is 13.1. The molecular formula is C17H15NO6. The van der Waals surface area contributed by atoms with Gasteiger partial charge >= 0.3 is 5.97 Å². The van der Waals surface area contributed by atoms with E-state index in [-0.39, 0.29) is 11.3 Å². The summed E-state index contributed by atoms with van der Waals surface area (Å²) >= 11 is 0. The van der Waals surface area contributed by atoms with Gasteiger partial charge in [0.25, 0.3) is 5.69 Å². The van der Waals surface area contributed by atoms with Crippen molar-refractivity contribution in [3.05, 3.63) is 63.7 Å². The van der Waals surface area contributed by atoms with Gasteiger partial charge in [-0.2, -0.15) is 0 Å². The number of carbonyl (C=O) groups is 1. The van der Waals surface area contributed by atoms with Gasteiger partial charge in [0.05, 0.1) is 24.7 Å². The van der Waals surface area contributed by atoms with Crippen molar-refractivity contribution in [1.29, 1.82) is 0 Å². The summed E-state index contributed by atoms with van der Waals surface area (Å²) in [4.78, 5) is 22.0. The maximum atomic E-state index is 11.7. The van der Waals surface area contributed by atoms with Crippen LogP contribution in [0.4, 0.5) is 5.69 Å². The van der Waals surface area contributed by atoms with E-state index in [2.05, 4.69) is 0 Å². The van der Waals surface area contributed by atoms with E-state index in [0.29, 0.717) is 22.6 Å². The minimum atomic E-state index is -1.18. The monoisotopic (exact) mass is 329 g/mol. The maximum absolute atomic E-state index is 11.7. The zero-order valence-electron chi connectivity index (χ0n) is 13.1. The van der Waals surface area contributed by atoms with Gasteiger partial charge in [-0.05, 0) is 23.8 Å².